The highest BCUT2D eigenvalue weighted by molar-refractivity contribution is 5.85. The molecule has 18 heavy (non-hydrogen) atoms. The number of morpholine rings is 1. The normalized spacial score (nSPS) is 16.4. The zero-order chi connectivity index (χ0) is 12.8. The lowest BCUT2D eigenvalue weighted by atomic mass is 10.4. The topological polar surface area (TPSA) is 87.6 Å². The number of carboxylic acids is 1. The first-order valence-electron chi connectivity index (χ1n) is 5.86. The standard InChI is InChI=1S/C11H16N4O3/c16-10(17)9-1-2-12-11(14-9)13-3-4-15-5-7-18-8-6-15/h1-2H,3-8H2,(H,16,17)(H,12,13,14). The van der Waals surface area contributed by atoms with Crippen LogP contribution in [0.2, 0.25) is 0 Å². The largest absolute Gasteiger partial charge is 0.477 e. The SMILES string of the molecule is O=C(O)c1ccnc(NCCN2CCOCC2)n1. The van der Waals surface area contributed by atoms with Crippen molar-refractivity contribution < 1.29 is 14.6 Å². The molecule has 7 nitrogen and oxygen atoms in total. The fourth-order valence-electron chi connectivity index (χ4n) is 1.71. The van der Waals surface area contributed by atoms with Crippen molar-refractivity contribution in [2.24, 2.45) is 0 Å². The number of anilines is 1. The Morgan fingerprint density at radius 2 is 2.28 bits per heavy atom. The van der Waals surface area contributed by atoms with Crippen LogP contribution in [0.4, 0.5) is 5.95 Å². The second-order valence-corrected chi connectivity index (χ2v) is 3.95. The Balaban J connectivity index is 1.78. The summed E-state index contributed by atoms with van der Waals surface area (Å²) >= 11 is 0. The highest BCUT2D eigenvalue weighted by Gasteiger charge is 2.10. The summed E-state index contributed by atoms with van der Waals surface area (Å²) in [4.78, 5) is 20.9. The van der Waals surface area contributed by atoms with E-state index in [-0.39, 0.29) is 5.69 Å². The molecule has 2 N–H and O–H groups in total. The van der Waals surface area contributed by atoms with Gasteiger partial charge < -0.3 is 15.2 Å². The van der Waals surface area contributed by atoms with Crippen LogP contribution in [0.3, 0.4) is 0 Å². The summed E-state index contributed by atoms with van der Waals surface area (Å²) in [5, 5.41) is 11.8. The molecule has 0 bridgehead atoms. The van der Waals surface area contributed by atoms with Crippen molar-refractivity contribution in [3.8, 4) is 0 Å². The molecular weight excluding hydrogens is 236 g/mol. The third kappa shape index (κ3) is 3.64. The molecule has 1 saturated heterocycles. The second kappa shape index (κ2) is 6.27. The van der Waals surface area contributed by atoms with Crippen molar-refractivity contribution in [2.45, 2.75) is 0 Å². The maximum Gasteiger partial charge on any atom is 0.354 e. The number of rotatable bonds is 5. The van der Waals surface area contributed by atoms with Gasteiger partial charge in [-0.05, 0) is 6.07 Å². The summed E-state index contributed by atoms with van der Waals surface area (Å²) in [6, 6.07) is 1.37. The van der Waals surface area contributed by atoms with Gasteiger partial charge in [-0.25, -0.2) is 14.8 Å². The number of hydrogen-bond acceptors (Lipinski definition) is 6. The van der Waals surface area contributed by atoms with Crippen molar-refractivity contribution in [1.82, 2.24) is 14.9 Å². The minimum Gasteiger partial charge on any atom is -0.477 e. The van der Waals surface area contributed by atoms with Gasteiger partial charge in [0.1, 0.15) is 0 Å². The van der Waals surface area contributed by atoms with Crippen LogP contribution in [-0.4, -0.2) is 65.3 Å². The summed E-state index contributed by atoms with van der Waals surface area (Å²) in [6.45, 7) is 4.94. The van der Waals surface area contributed by atoms with Gasteiger partial charge in [-0.2, -0.15) is 0 Å². The van der Waals surface area contributed by atoms with Gasteiger partial charge in [0.15, 0.2) is 5.69 Å². The van der Waals surface area contributed by atoms with E-state index in [0.717, 1.165) is 32.8 Å². The van der Waals surface area contributed by atoms with Crippen LogP contribution in [0.5, 0.6) is 0 Å². The van der Waals surface area contributed by atoms with Crippen LogP contribution in [0.15, 0.2) is 12.3 Å². The minimum atomic E-state index is -1.05. The van der Waals surface area contributed by atoms with Gasteiger partial charge in [0.05, 0.1) is 13.2 Å². The first-order valence-corrected chi connectivity index (χ1v) is 5.86. The number of carboxylic acid groups (broad SMARTS) is 1. The lowest BCUT2D eigenvalue weighted by Crippen LogP contribution is -2.39. The third-order valence-corrected chi connectivity index (χ3v) is 2.69. The Hall–Kier alpha value is -1.73. The van der Waals surface area contributed by atoms with E-state index in [2.05, 4.69) is 20.2 Å². The van der Waals surface area contributed by atoms with Crippen LogP contribution < -0.4 is 5.32 Å². The molecule has 0 aliphatic carbocycles. The first kappa shape index (κ1) is 12.7. The van der Waals surface area contributed by atoms with Crippen LogP contribution in [0.25, 0.3) is 0 Å². The van der Waals surface area contributed by atoms with Gasteiger partial charge in [0.2, 0.25) is 5.95 Å². The number of hydrogen-bond donors (Lipinski definition) is 2. The number of ether oxygens (including phenoxy) is 1. The predicted molar refractivity (Wildman–Crippen MR) is 64.7 cm³/mol. The summed E-state index contributed by atoms with van der Waals surface area (Å²) in [5.74, 6) is -0.697. The second-order valence-electron chi connectivity index (χ2n) is 3.95. The molecule has 0 amide bonds. The molecule has 98 valence electrons. The molecule has 1 aliphatic heterocycles. The Kier molecular flexibility index (Phi) is 4.43. The Morgan fingerprint density at radius 1 is 1.50 bits per heavy atom. The van der Waals surface area contributed by atoms with E-state index in [9.17, 15) is 4.79 Å². The van der Waals surface area contributed by atoms with E-state index in [1.165, 1.54) is 12.3 Å². The Labute approximate surface area is 105 Å². The fraction of sp³-hybridized carbons (Fsp3) is 0.545. The lowest BCUT2D eigenvalue weighted by molar-refractivity contribution is 0.0398. The molecule has 1 aromatic heterocycles. The van der Waals surface area contributed by atoms with Crippen molar-refractivity contribution in [3.63, 3.8) is 0 Å². The summed E-state index contributed by atoms with van der Waals surface area (Å²) in [7, 11) is 0. The smallest absolute Gasteiger partial charge is 0.354 e. The summed E-state index contributed by atoms with van der Waals surface area (Å²) < 4.78 is 5.25. The molecule has 2 heterocycles. The van der Waals surface area contributed by atoms with Gasteiger partial charge in [-0.15, -0.1) is 0 Å². The van der Waals surface area contributed by atoms with Crippen LogP contribution in [0, 0.1) is 0 Å². The first-order chi connectivity index (χ1) is 8.75. The molecular formula is C11H16N4O3. The maximum atomic E-state index is 10.7. The number of aromatic carboxylic acids is 1. The van der Waals surface area contributed by atoms with Crippen molar-refractivity contribution in [3.05, 3.63) is 18.0 Å². The third-order valence-electron chi connectivity index (χ3n) is 2.69. The monoisotopic (exact) mass is 252 g/mol. The van der Waals surface area contributed by atoms with Gasteiger partial charge in [0, 0.05) is 32.4 Å². The molecule has 0 spiro atoms. The molecule has 0 aromatic carbocycles. The fourth-order valence-corrected chi connectivity index (χ4v) is 1.71. The Morgan fingerprint density at radius 3 is 3.00 bits per heavy atom. The number of nitrogens with one attached hydrogen (secondary N) is 1. The summed E-state index contributed by atoms with van der Waals surface area (Å²) in [6.07, 6.45) is 1.44. The van der Waals surface area contributed by atoms with E-state index < -0.39 is 5.97 Å². The average Bonchev–Trinajstić information content (AvgIpc) is 2.40. The minimum absolute atomic E-state index is 0.00104. The van der Waals surface area contributed by atoms with Gasteiger partial charge in [-0.1, -0.05) is 0 Å². The van der Waals surface area contributed by atoms with E-state index >= 15 is 0 Å². The van der Waals surface area contributed by atoms with Crippen LogP contribution in [-0.2, 0) is 4.74 Å². The molecule has 1 aromatic rings. The average molecular weight is 252 g/mol. The predicted octanol–water partition coefficient (Wildman–Crippen LogP) is -0.0811. The van der Waals surface area contributed by atoms with E-state index in [1.807, 2.05) is 0 Å². The number of nitrogens with zero attached hydrogens (tertiary/aromatic N) is 3. The molecule has 0 atom stereocenters. The van der Waals surface area contributed by atoms with Crippen LogP contribution in [0.1, 0.15) is 10.5 Å². The van der Waals surface area contributed by atoms with Crippen molar-refractivity contribution in [1.29, 1.82) is 0 Å². The van der Waals surface area contributed by atoms with Crippen molar-refractivity contribution in [2.75, 3.05) is 44.7 Å². The quantitative estimate of drug-likeness (QED) is 0.757. The molecule has 1 fully saturated rings. The molecule has 0 saturated carbocycles. The highest BCUT2D eigenvalue weighted by atomic mass is 16.5. The zero-order valence-electron chi connectivity index (χ0n) is 10.0. The number of aromatic nitrogens is 2. The molecule has 7 heteroatoms. The molecule has 1 aliphatic rings. The Bertz CT molecular complexity index is 407. The summed E-state index contributed by atoms with van der Waals surface area (Å²) in [5.41, 5.74) is -0.00104. The highest BCUT2D eigenvalue weighted by Crippen LogP contribution is 2.01. The number of carbonyl (C=O) groups is 1. The van der Waals surface area contributed by atoms with E-state index in [0.29, 0.717) is 12.5 Å². The molecule has 2 rings (SSSR count). The maximum absolute atomic E-state index is 10.7. The van der Waals surface area contributed by atoms with Gasteiger partial charge in [-0.3, -0.25) is 4.90 Å². The lowest BCUT2D eigenvalue weighted by Gasteiger charge is -2.26. The molecule has 0 radical (unpaired) electrons. The van der Waals surface area contributed by atoms with E-state index in [4.69, 9.17) is 9.84 Å². The van der Waals surface area contributed by atoms with Crippen LogP contribution >= 0.6 is 0 Å². The van der Waals surface area contributed by atoms with Gasteiger partial charge >= 0.3 is 5.97 Å². The zero-order valence-corrected chi connectivity index (χ0v) is 10.0. The molecule has 0 unspecified atom stereocenters. The van der Waals surface area contributed by atoms with Crippen molar-refractivity contribution >= 4 is 11.9 Å². The van der Waals surface area contributed by atoms with Gasteiger partial charge in [0.25, 0.3) is 0 Å². The van der Waals surface area contributed by atoms with E-state index in [1.54, 1.807) is 0 Å².